The summed E-state index contributed by atoms with van der Waals surface area (Å²) >= 11 is 0. The van der Waals surface area contributed by atoms with Crippen molar-refractivity contribution in [2.45, 2.75) is 5.92 Å². The van der Waals surface area contributed by atoms with E-state index in [2.05, 4.69) is 0 Å². The van der Waals surface area contributed by atoms with Crippen LogP contribution in [-0.2, 0) is 0 Å². The summed E-state index contributed by atoms with van der Waals surface area (Å²) in [6.45, 7) is 0. The molecule has 0 aromatic rings. The maximum absolute atomic E-state index is 11.3. The van der Waals surface area contributed by atoms with E-state index in [1.165, 1.54) is 0 Å². The molecule has 0 unspecified atom stereocenters. The molecule has 0 amide bonds. The quantitative estimate of drug-likeness (QED) is 0.369. The van der Waals surface area contributed by atoms with Crippen LogP contribution in [0.1, 0.15) is 0 Å². The van der Waals surface area contributed by atoms with Crippen LogP contribution in [0.2, 0.25) is 0 Å². The van der Waals surface area contributed by atoms with Crippen LogP contribution in [-0.4, -0.2) is 20.6 Å². The van der Waals surface area contributed by atoms with Crippen molar-refractivity contribution in [3.63, 3.8) is 0 Å². The molecule has 0 spiro atoms. The molecule has 0 aliphatic heterocycles. The summed E-state index contributed by atoms with van der Waals surface area (Å²) in [7, 11) is -7.81. The molecular formula is CH3F4O3P. The molecule has 3 N–H and O–H groups in total. The molecular weight excluding hydrogens is 167 g/mol. The molecule has 0 bridgehead atoms. The Labute approximate surface area is 46.8 Å². The zero-order chi connectivity index (χ0) is 7.95. The predicted octanol–water partition coefficient (Wildman–Crippen LogP) is 0.666. The molecule has 0 fully saturated rings. The summed E-state index contributed by atoms with van der Waals surface area (Å²) in [6, 6.07) is 0. The standard InChI is InChI=1S/CH3F4O3P/c2-1(3,4)9(5,6,7)8/h6-8H. The monoisotopic (exact) mass is 170 g/mol. The van der Waals surface area contributed by atoms with Gasteiger partial charge in [0.1, 0.15) is 0 Å². The van der Waals surface area contributed by atoms with E-state index in [4.69, 9.17) is 14.7 Å². The van der Waals surface area contributed by atoms with Gasteiger partial charge in [-0.05, 0) is 0 Å². The molecule has 3 nitrogen and oxygen atoms in total. The average molecular weight is 170 g/mol. The first kappa shape index (κ1) is 9.03. The van der Waals surface area contributed by atoms with Gasteiger partial charge in [0, 0.05) is 0 Å². The number of alkyl halides is 3. The van der Waals surface area contributed by atoms with Crippen LogP contribution in [0.5, 0.6) is 0 Å². The van der Waals surface area contributed by atoms with Crippen LogP contribution < -0.4 is 0 Å². The van der Waals surface area contributed by atoms with Crippen molar-refractivity contribution in [3.05, 3.63) is 0 Å². The van der Waals surface area contributed by atoms with Gasteiger partial charge in [0.05, 0.1) is 0 Å². The molecule has 0 aromatic carbocycles. The normalized spacial score (nSPS) is 18.8. The molecule has 0 saturated carbocycles. The number of hydrogen-bond acceptors (Lipinski definition) is 3. The van der Waals surface area contributed by atoms with Gasteiger partial charge < -0.3 is 0 Å². The predicted molar refractivity (Wildman–Crippen MR) is 20.7 cm³/mol. The fourth-order valence-electron chi connectivity index (χ4n) is 0. The van der Waals surface area contributed by atoms with Crippen molar-refractivity contribution < 1.29 is 32.0 Å². The number of rotatable bonds is 0. The first-order valence-corrected chi connectivity index (χ1v) is 3.54. The minimum atomic E-state index is -7.81. The van der Waals surface area contributed by atoms with Gasteiger partial charge in [0.25, 0.3) is 0 Å². The zero-order valence-corrected chi connectivity index (χ0v) is 4.70. The van der Waals surface area contributed by atoms with Crippen molar-refractivity contribution >= 4 is 7.59 Å². The van der Waals surface area contributed by atoms with Gasteiger partial charge in [-0.25, -0.2) is 0 Å². The Bertz CT molecular complexity index is 111. The van der Waals surface area contributed by atoms with E-state index in [0.29, 0.717) is 0 Å². The molecule has 9 heavy (non-hydrogen) atoms. The van der Waals surface area contributed by atoms with Gasteiger partial charge >= 0.3 is 45.6 Å². The Morgan fingerprint density at radius 3 is 1.11 bits per heavy atom. The summed E-state index contributed by atoms with van der Waals surface area (Å²) in [5.41, 5.74) is 0. The van der Waals surface area contributed by atoms with Gasteiger partial charge in [-0.2, -0.15) is 0 Å². The van der Waals surface area contributed by atoms with Crippen molar-refractivity contribution in [1.29, 1.82) is 0 Å². The average Bonchev–Trinajstić information content (AvgIpc) is 1.20. The van der Waals surface area contributed by atoms with E-state index in [9.17, 15) is 17.4 Å². The van der Waals surface area contributed by atoms with Crippen LogP contribution in [0.25, 0.3) is 0 Å². The molecule has 0 saturated heterocycles. The summed E-state index contributed by atoms with van der Waals surface area (Å²) in [4.78, 5) is 21.8. The maximum atomic E-state index is 11.3. The third kappa shape index (κ3) is 2.02. The van der Waals surface area contributed by atoms with E-state index in [-0.39, 0.29) is 0 Å². The SMILES string of the molecule is OP(O)(O)(F)C(F)(F)F. The van der Waals surface area contributed by atoms with E-state index in [0.717, 1.165) is 0 Å². The topological polar surface area (TPSA) is 60.7 Å². The molecule has 0 heterocycles. The second kappa shape index (κ2) is 1.54. The van der Waals surface area contributed by atoms with E-state index in [1.54, 1.807) is 0 Å². The fraction of sp³-hybridized carbons (Fsp3) is 1.00. The van der Waals surface area contributed by atoms with Crippen LogP contribution >= 0.6 is 7.59 Å². The van der Waals surface area contributed by atoms with Crippen LogP contribution in [0.4, 0.5) is 17.4 Å². The van der Waals surface area contributed by atoms with Gasteiger partial charge in [-0.1, -0.05) is 0 Å². The Hall–Kier alpha value is 0.0300. The van der Waals surface area contributed by atoms with Gasteiger partial charge in [-0.3, -0.25) is 0 Å². The molecule has 8 heteroatoms. The third-order valence-corrected chi connectivity index (χ3v) is 1.31. The Morgan fingerprint density at radius 1 is 1.00 bits per heavy atom. The number of halogens is 4. The van der Waals surface area contributed by atoms with Gasteiger partial charge in [0.15, 0.2) is 0 Å². The first-order chi connectivity index (χ1) is 3.51. The Kier molecular flexibility index (Phi) is 1.55. The Balaban J connectivity index is 4.56. The van der Waals surface area contributed by atoms with Crippen LogP contribution in [0.15, 0.2) is 0 Å². The fourth-order valence-corrected chi connectivity index (χ4v) is 0. The first-order valence-electron chi connectivity index (χ1n) is 1.56. The third-order valence-electron chi connectivity index (χ3n) is 0.436. The van der Waals surface area contributed by atoms with Gasteiger partial charge in [-0.15, -0.1) is 0 Å². The molecule has 0 atom stereocenters. The van der Waals surface area contributed by atoms with Crippen molar-refractivity contribution in [2.75, 3.05) is 0 Å². The van der Waals surface area contributed by atoms with Crippen LogP contribution in [0, 0.1) is 0 Å². The summed E-state index contributed by atoms with van der Waals surface area (Å²) in [6.07, 6.45) is 0. The number of hydrogen-bond donors (Lipinski definition) is 3. The summed E-state index contributed by atoms with van der Waals surface area (Å²) in [5.74, 6) is -5.99. The second-order valence-corrected chi connectivity index (χ2v) is 3.61. The molecule has 0 aromatic heterocycles. The van der Waals surface area contributed by atoms with Crippen molar-refractivity contribution in [1.82, 2.24) is 0 Å². The summed E-state index contributed by atoms with van der Waals surface area (Å²) < 4.78 is 43.9. The molecule has 0 rings (SSSR count). The summed E-state index contributed by atoms with van der Waals surface area (Å²) in [5, 5.41) is 0. The molecule has 58 valence electrons. The molecule has 0 radical (unpaired) electrons. The van der Waals surface area contributed by atoms with E-state index in [1.807, 2.05) is 0 Å². The van der Waals surface area contributed by atoms with E-state index >= 15 is 0 Å². The zero-order valence-electron chi connectivity index (χ0n) is 3.80. The van der Waals surface area contributed by atoms with E-state index < -0.39 is 13.5 Å². The Morgan fingerprint density at radius 2 is 1.11 bits per heavy atom. The molecule has 0 aliphatic rings. The minimum absolute atomic E-state index is 5.99. The van der Waals surface area contributed by atoms with Gasteiger partial charge in [0.2, 0.25) is 0 Å². The second-order valence-electron chi connectivity index (χ2n) is 1.35. The van der Waals surface area contributed by atoms with Crippen molar-refractivity contribution in [2.24, 2.45) is 0 Å². The van der Waals surface area contributed by atoms with Crippen LogP contribution in [0.3, 0.4) is 0 Å². The van der Waals surface area contributed by atoms with Crippen molar-refractivity contribution in [3.8, 4) is 0 Å². The molecule has 0 aliphatic carbocycles.